The number of aliphatic hydroxyl groups excluding tert-OH is 1. The predicted octanol–water partition coefficient (Wildman–Crippen LogP) is 3.53. The Bertz CT molecular complexity index is 650. The Hall–Kier alpha value is -2.11. The van der Waals surface area contributed by atoms with E-state index in [9.17, 15) is 31.4 Å². The number of alkyl halides is 6. The average molecular weight is 399 g/mol. The second kappa shape index (κ2) is 7.87. The van der Waals surface area contributed by atoms with Crippen LogP contribution in [0.5, 0.6) is 0 Å². The molecule has 152 valence electrons. The van der Waals surface area contributed by atoms with E-state index in [4.69, 9.17) is 0 Å². The van der Waals surface area contributed by atoms with E-state index in [1.807, 2.05) is 10.6 Å². The standard InChI is InChI=1S/C15H19F6N5O/c1-7(14(16,17)18)22-12-24-11(9-4-3-5-10(27)6-9)25-13(26-12)23-8(2)15(19,20)21/h6-8,10,27H,3-5H2,1-2H3,(H2,22,23,24,25,26)/t7-,8?,10+/m1/s1. The Morgan fingerprint density at radius 2 is 1.44 bits per heavy atom. The van der Waals surface area contributed by atoms with E-state index in [0.717, 1.165) is 13.8 Å². The zero-order chi connectivity index (χ0) is 20.4. The van der Waals surface area contributed by atoms with Crippen LogP contribution in [0.3, 0.4) is 0 Å². The molecule has 1 heterocycles. The highest BCUT2D eigenvalue weighted by atomic mass is 19.4. The lowest BCUT2D eigenvalue weighted by molar-refractivity contribution is -0.139. The van der Waals surface area contributed by atoms with Gasteiger partial charge in [0.1, 0.15) is 12.1 Å². The summed E-state index contributed by atoms with van der Waals surface area (Å²) >= 11 is 0. The first-order chi connectivity index (χ1) is 12.4. The molecule has 0 saturated heterocycles. The average Bonchev–Trinajstić information content (AvgIpc) is 2.52. The summed E-state index contributed by atoms with van der Waals surface area (Å²) in [5.74, 6) is -1.11. The molecule has 1 aromatic heterocycles. The Morgan fingerprint density at radius 1 is 0.963 bits per heavy atom. The maximum Gasteiger partial charge on any atom is 0.408 e. The maximum absolute atomic E-state index is 12.8. The van der Waals surface area contributed by atoms with Crippen molar-refractivity contribution in [2.45, 2.75) is 63.7 Å². The molecule has 1 aliphatic carbocycles. The highest BCUT2D eigenvalue weighted by Crippen LogP contribution is 2.28. The van der Waals surface area contributed by atoms with Crippen molar-refractivity contribution >= 4 is 17.5 Å². The summed E-state index contributed by atoms with van der Waals surface area (Å²) in [6.45, 7) is 1.66. The lowest BCUT2D eigenvalue weighted by Gasteiger charge is -2.21. The van der Waals surface area contributed by atoms with Gasteiger partial charge in [0, 0.05) is 0 Å². The van der Waals surface area contributed by atoms with E-state index in [2.05, 4.69) is 15.0 Å². The maximum atomic E-state index is 12.8. The SMILES string of the molecule is CC(Nc1nc(N[C@H](C)C(F)(F)F)nc(C2=C[C@@H](O)CCC2)n1)C(F)(F)F. The van der Waals surface area contributed by atoms with Crippen LogP contribution in [-0.4, -0.2) is 50.6 Å². The Labute approximate surface area is 151 Å². The van der Waals surface area contributed by atoms with Gasteiger partial charge in [-0.2, -0.15) is 41.3 Å². The van der Waals surface area contributed by atoms with Crippen molar-refractivity contribution in [1.29, 1.82) is 0 Å². The number of aliphatic hydroxyl groups is 1. The highest BCUT2D eigenvalue weighted by molar-refractivity contribution is 5.63. The topological polar surface area (TPSA) is 83.0 Å². The fourth-order valence-electron chi connectivity index (χ4n) is 2.29. The molecule has 2 rings (SSSR count). The summed E-state index contributed by atoms with van der Waals surface area (Å²) in [4.78, 5) is 11.4. The van der Waals surface area contributed by atoms with Gasteiger partial charge in [0.15, 0.2) is 5.82 Å². The quantitative estimate of drug-likeness (QED) is 0.658. The summed E-state index contributed by atoms with van der Waals surface area (Å²) in [5.41, 5.74) is 0.432. The number of hydrogen-bond acceptors (Lipinski definition) is 6. The Kier molecular flexibility index (Phi) is 6.17. The second-order valence-electron chi connectivity index (χ2n) is 6.27. The van der Waals surface area contributed by atoms with Crippen LogP contribution in [0.15, 0.2) is 6.08 Å². The van der Waals surface area contributed by atoms with Crippen molar-refractivity contribution in [2.24, 2.45) is 0 Å². The number of halogens is 6. The van der Waals surface area contributed by atoms with Crippen LogP contribution < -0.4 is 10.6 Å². The van der Waals surface area contributed by atoms with Crippen LogP contribution in [0.25, 0.3) is 5.57 Å². The zero-order valence-corrected chi connectivity index (χ0v) is 14.5. The van der Waals surface area contributed by atoms with E-state index >= 15 is 0 Å². The molecule has 0 radical (unpaired) electrons. The third kappa shape index (κ3) is 5.94. The molecule has 0 saturated carbocycles. The van der Waals surface area contributed by atoms with Crippen molar-refractivity contribution in [2.75, 3.05) is 10.6 Å². The number of nitrogens with zero attached hydrogens (tertiary/aromatic N) is 3. The number of hydrogen-bond donors (Lipinski definition) is 3. The predicted molar refractivity (Wildman–Crippen MR) is 85.9 cm³/mol. The molecular weight excluding hydrogens is 380 g/mol. The van der Waals surface area contributed by atoms with Gasteiger partial charge in [-0.05, 0) is 44.8 Å². The summed E-state index contributed by atoms with van der Waals surface area (Å²) in [7, 11) is 0. The summed E-state index contributed by atoms with van der Waals surface area (Å²) in [6.07, 6.45) is -7.01. The molecule has 12 heteroatoms. The third-order valence-electron chi connectivity index (χ3n) is 3.94. The van der Waals surface area contributed by atoms with Crippen molar-refractivity contribution in [3.63, 3.8) is 0 Å². The third-order valence-corrected chi connectivity index (χ3v) is 3.94. The normalized spacial score (nSPS) is 20.6. The van der Waals surface area contributed by atoms with Gasteiger partial charge < -0.3 is 15.7 Å². The lowest BCUT2D eigenvalue weighted by atomic mass is 9.97. The minimum Gasteiger partial charge on any atom is -0.389 e. The van der Waals surface area contributed by atoms with Crippen LogP contribution >= 0.6 is 0 Å². The molecule has 0 amide bonds. The number of anilines is 2. The van der Waals surface area contributed by atoms with Crippen molar-refractivity contribution < 1.29 is 31.4 Å². The molecule has 0 aromatic carbocycles. The van der Waals surface area contributed by atoms with Gasteiger partial charge in [-0.15, -0.1) is 0 Å². The largest absolute Gasteiger partial charge is 0.408 e. The molecule has 0 spiro atoms. The minimum absolute atomic E-state index is 0.0856. The number of allylic oxidation sites excluding steroid dienone is 1. The van der Waals surface area contributed by atoms with Gasteiger partial charge in [-0.3, -0.25) is 0 Å². The summed E-state index contributed by atoms with van der Waals surface area (Å²) < 4.78 is 76.6. The second-order valence-corrected chi connectivity index (χ2v) is 6.27. The van der Waals surface area contributed by atoms with Crippen LogP contribution in [0.2, 0.25) is 0 Å². The van der Waals surface area contributed by atoms with Gasteiger partial charge in [0.2, 0.25) is 11.9 Å². The fraction of sp³-hybridized carbons (Fsp3) is 0.667. The molecule has 0 fully saturated rings. The van der Waals surface area contributed by atoms with Crippen LogP contribution in [-0.2, 0) is 0 Å². The van der Waals surface area contributed by atoms with Crippen LogP contribution in [0, 0.1) is 0 Å². The molecule has 1 unspecified atom stereocenters. The first-order valence-electron chi connectivity index (χ1n) is 8.18. The molecule has 3 N–H and O–H groups in total. The number of nitrogens with one attached hydrogen (secondary N) is 2. The van der Waals surface area contributed by atoms with Gasteiger partial charge >= 0.3 is 12.4 Å². The van der Waals surface area contributed by atoms with Crippen molar-refractivity contribution in [3.8, 4) is 0 Å². The first kappa shape index (κ1) is 21.2. The van der Waals surface area contributed by atoms with E-state index in [-0.39, 0.29) is 5.82 Å². The smallest absolute Gasteiger partial charge is 0.389 e. The highest BCUT2D eigenvalue weighted by Gasteiger charge is 2.38. The molecule has 6 nitrogen and oxygen atoms in total. The lowest BCUT2D eigenvalue weighted by Crippen LogP contribution is -2.35. The number of rotatable bonds is 5. The molecular formula is C15H19F6N5O. The molecule has 27 heavy (non-hydrogen) atoms. The summed E-state index contributed by atoms with van der Waals surface area (Å²) in [5, 5.41) is 13.8. The van der Waals surface area contributed by atoms with Crippen molar-refractivity contribution in [3.05, 3.63) is 11.9 Å². The number of aromatic nitrogens is 3. The van der Waals surface area contributed by atoms with Crippen LogP contribution in [0.1, 0.15) is 38.9 Å². The van der Waals surface area contributed by atoms with Gasteiger partial charge in [-0.25, -0.2) is 0 Å². The first-order valence-corrected chi connectivity index (χ1v) is 8.18. The molecule has 0 aliphatic heterocycles. The fourth-order valence-corrected chi connectivity index (χ4v) is 2.29. The molecule has 0 bridgehead atoms. The molecule has 3 atom stereocenters. The van der Waals surface area contributed by atoms with E-state index in [1.165, 1.54) is 6.08 Å². The van der Waals surface area contributed by atoms with Crippen molar-refractivity contribution in [1.82, 2.24) is 15.0 Å². The van der Waals surface area contributed by atoms with E-state index < -0.39 is 42.4 Å². The monoisotopic (exact) mass is 399 g/mol. The van der Waals surface area contributed by atoms with Gasteiger partial charge in [0.05, 0.1) is 6.10 Å². The van der Waals surface area contributed by atoms with Crippen LogP contribution in [0.4, 0.5) is 38.2 Å². The minimum atomic E-state index is -4.60. The Morgan fingerprint density at radius 3 is 1.85 bits per heavy atom. The van der Waals surface area contributed by atoms with Gasteiger partial charge in [0.25, 0.3) is 0 Å². The molecule has 1 aliphatic rings. The molecule has 1 aromatic rings. The summed E-state index contributed by atoms with van der Waals surface area (Å²) in [6, 6.07) is -4.04. The van der Waals surface area contributed by atoms with Gasteiger partial charge in [-0.1, -0.05) is 0 Å². The Balaban J connectivity index is 2.38. The van der Waals surface area contributed by atoms with E-state index in [1.54, 1.807) is 0 Å². The van der Waals surface area contributed by atoms with E-state index in [0.29, 0.717) is 24.8 Å². The zero-order valence-electron chi connectivity index (χ0n) is 14.5.